The maximum Gasteiger partial charge on any atom is 2.00 e. The number of aliphatic hydroxyl groups is 4. The van der Waals surface area contributed by atoms with Crippen LogP contribution in [0.4, 0.5) is 0 Å². The van der Waals surface area contributed by atoms with E-state index in [-0.39, 0.29) is 99.5 Å². The van der Waals surface area contributed by atoms with Crippen LogP contribution in [0.1, 0.15) is 27.7 Å². The SMILES string of the molecule is CC(O)C(=O)O.CC(O)C(=O)O.CC(O)C(=O)O.CC(O)C(=O)O.O.O.O.O.[Fe+2].[Fe].[Ti].[Ti]. The molecule has 16 N–H and O–H groups in total. The van der Waals surface area contributed by atoms with Gasteiger partial charge in [-0.15, -0.1) is 0 Å². The van der Waals surface area contributed by atoms with Crippen LogP contribution >= 0.6 is 0 Å². The fourth-order valence-electron chi connectivity index (χ4n) is 0. The minimum atomic E-state index is -1.23. The summed E-state index contributed by atoms with van der Waals surface area (Å²) in [6.07, 6.45) is -4.93. The van der Waals surface area contributed by atoms with Crippen molar-refractivity contribution in [3.63, 3.8) is 0 Å². The van der Waals surface area contributed by atoms with E-state index >= 15 is 0 Å². The smallest absolute Gasteiger partial charge is 0.479 e. The maximum absolute atomic E-state index is 9.45. The molecule has 0 bridgehead atoms. The summed E-state index contributed by atoms with van der Waals surface area (Å²) in [6.45, 7) is 4.79. The molecule has 0 aliphatic carbocycles. The van der Waals surface area contributed by atoms with Crippen LogP contribution < -0.4 is 0 Å². The second-order valence-corrected chi connectivity index (χ2v) is 4.06. The molecule has 20 heteroatoms. The largest absolute Gasteiger partial charge is 2.00 e. The first-order valence-corrected chi connectivity index (χ1v) is 6.21. The molecule has 0 fully saturated rings. The van der Waals surface area contributed by atoms with Gasteiger partial charge in [0.05, 0.1) is 0 Å². The molecule has 0 saturated heterocycles. The molecule has 0 radical (unpaired) electrons. The van der Waals surface area contributed by atoms with Gasteiger partial charge in [0.1, 0.15) is 24.4 Å². The molecule has 0 rings (SSSR count). The van der Waals surface area contributed by atoms with Gasteiger partial charge in [-0.1, -0.05) is 0 Å². The second kappa shape index (κ2) is 48.5. The van der Waals surface area contributed by atoms with Gasteiger partial charge in [0.2, 0.25) is 0 Å². The molecule has 0 amide bonds. The van der Waals surface area contributed by atoms with E-state index in [2.05, 4.69) is 0 Å². The molecular weight excluding hydrogens is 608 g/mol. The minimum Gasteiger partial charge on any atom is -0.479 e. The Kier molecular flexibility index (Phi) is 116. The van der Waals surface area contributed by atoms with Gasteiger partial charge in [-0.3, -0.25) is 0 Å². The van der Waals surface area contributed by atoms with Crippen molar-refractivity contribution >= 4 is 23.9 Å². The van der Waals surface area contributed by atoms with Crippen molar-refractivity contribution in [3.05, 3.63) is 0 Å². The Morgan fingerprint density at radius 1 is 0.469 bits per heavy atom. The van der Waals surface area contributed by atoms with Crippen molar-refractivity contribution < 1.29 is 160 Å². The molecule has 0 aliphatic rings. The van der Waals surface area contributed by atoms with E-state index in [1.807, 2.05) is 0 Å². The van der Waals surface area contributed by atoms with Crippen molar-refractivity contribution in [2.24, 2.45) is 0 Å². The third-order valence-electron chi connectivity index (χ3n) is 1.43. The molecule has 0 spiro atoms. The van der Waals surface area contributed by atoms with Crippen LogP contribution in [0.3, 0.4) is 0 Å². The first-order valence-electron chi connectivity index (χ1n) is 6.21. The van der Waals surface area contributed by atoms with Gasteiger partial charge in [-0.25, -0.2) is 19.2 Å². The second-order valence-electron chi connectivity index (χ2n) is 4.06. The Labute approximate surface area is 234 Å². The van der Waals surface area contributed by atoms with Crippen LogP contribution in [0.25, 0.3) is 0 Å². The van der Waals surface area contributed by atoms with Crippen LogP contribution in [0.5, 0.6) is 0 Å². The monoisotopic (exact) mass is 640 g/mol. The standard InChI is InChI=1S/4C3H6O3.2Fe.4H2O.2Ti/c4*1-2(4)3(5)6;;;;;;;;/h4*2,4H,1H3,(H,5,6);;;4*1H2;;/q;;;;;+2;;;;;;. The molecule has 32 heavy (non-hydrogen) atoms. The summed E-state index contributed by atoms with van der Waals surface area (Å²) in [5.41, 5.74) is 0. The van der Waals surface area contributed by atoms with Gasteiger partial charge < -0.3 is 62.8 Å². The number of rotatable bonds is 4. The van der Waals surface area contributed by atoms with E-state index in [1.165, 1.54) is 27.7 Å². The van der Waals surface area contributed by atoms with Crippen LogP contribution in [0.15, 0.2) is 0 Å². The predicted octanol–water partition coefficient (Wildman–Crippen LogP) is -5.50. The van der Waals surface area contributed by atoms with E-state index in [1.54, 1.807) is 0 Å². The van der Waals surface area contributed by atoms with Crippen molar-refractivity contribution in [1.82, 2.24) is 0 Å². The first kappa shape index (κ1) is 76.9. The van der Waals surface area contributed by atoms with Crippen molar-refractivity contribution in [3.8, 4) is 0 Å². The van der Waals surface area contributed by atoms with Gasteiger partial charge in [-0.05, 0) is 27.7 Å². The summed E-state index contributed by atoms with van der Waals surface area (Å²) >= 11 is 0. The summed E-state index contributed by atoms with van der Waals surface area (Å²) in [4.78, 5) is 37.8. The van der Waals surface area contributed by atoms with Crippen LogP contribution in [0, 0.1) is 0 Å². The van der Waals surface area contributed by atoms with Crippen molar-refractivity contribution in [1.29, 1.82) is 0 Å². The topological polar surface area (TPSA) is 356 Å². The molecule has 0 heterocycles. The third-order valence-corrected chi connectivity index (χ3v) is 1.43. The zero-order chi connectivity index (χ0) is 20.6. The predicted molar refractivity (Wildman–Crippen MR) is 91.7 cm³/mol. The Bertz CT molecular complexity index is 325. The van der Waals surface area contributed by atoms with Crippen molar-refractivity contribution in [2.75, 3.05) is 0 Å². The number of carboxylic acids is 4. The molecular formula is C12H32Fe2O16Ti2+2. The Hall–Kier alpha value is 0.0275. The van der Waals surface area contributed by atoms with E-state index in [0.717, 1.165) is 0 Å². The van der Waals surface area contributed by atoms with Gasteiger partial charge in [0.15, 0.2) is 0 Å². The fraction of sp³-hybridized carbons (Fsp3) is 0.667. The van der Waals surface area contributed by atoms with Crippen molar-refractivity contribution in [2.45, 2.75) is 52.1 Å². The fourth-order valence-corrected chi connectivity index (χ4v) is 0. The normalized spacial score (nSPS) is 10.2. The average Bonchev–Trinajstić information content (AvgIpc) is 2.40. The number of hydrogen-bond acceptors (Lipinski definition) is 8. The summed E-state index contributed by atoms with van der Waals surface area (Å²) in [7, 11) is 0. The summed E-state index contributed by atoms with van der Waals surface area (Å²) in [5.74, 6) is -4.74. The molecule has 0 aromatic heterocycles. The summed E-state index contributed by atoms with van der Waals surface area (Å²) in [5, 5.41) is 63.1. The molecule has 4 unspecified atom stereocenters. The summed E-state index contributed by atoms with van der Waals surface area (Å²) in [6, 6.07) is 0. The quantitative estimate of drug-likeness (QED) is 0.134. The number of aliphatic hydroxyl groups excluding tert-OH is 4. The molecule has 4 atom stereocenters. The minimum absolute atomic E-state index is 0. The molecule has 0 aromatic rings. The first-order chi connectivity index (χ1) is 10.6. The van der Waals surface area contributed by atoms with Crippen LogP contribution in [0.2, 0.25) is 0 Å². The summed E-state index contributed by atoms with van der Waals surface area (Å²) < 4.78 is 0. The molecule has 16 nitrogen and oxygen atoms in total. The number of aliphatic carboxylic acids is 4. The number of hydrogen-bond donors (Lipinski definition) is 8. The number of carbonyl (C=O) groups is 4. The van der Waals surface area contributed by atoms with Crippen LogP contribution in [-0.4, -0.2) is 111 Å². The van der Waals surface area contributed by atoms with Gasteiger partial charge in [0.25, 0.3) is 0 Å². The molecule has 0 aromatic carbocycles. The maximum atomic E-state index is 9.45. The van der Waals surface area contributed by atoms with E-state index < -0.39 is 48.3 Å². The molecule has 198 valence electrons. The molecule has 0 saturated carbocycles. The molecule has 0 aliphatic heterocycles. The van der Waals surface area contributed by atoms with Gasteiger partial charge >= 0.3 is 40.9 Å². The van der Waals surface area contributed by atoms with E-state index in [9.17, 15) is 19.2 Å². The van der Waals surface area contributed by atoms with Gasteiger partial charge in [-0.2, -0.15) is 0 Å². The average molecular weight is 640 g/mol. The Morgan fingerprint density at radius 2 is 0.500 bits per heavy atom. The van der Waals surface area contributed by atoms with Crippen LogP contribution in [-0.2, 0) is 96.8 Å². The van der Waals surface area contributed by atoms with E-state index in [0.29, 0.717) is 0 Å². The van der Waals surface area contributed by atoms with Gasteiger partial charge in [0, 0.05) is 60.5 Å². The zero-order valence-corrected chi connectivity index (χ0v) is 22.6. The van der Waals surface area contributed by atoms with E-state index in [4.69, 9.17) is 40.9 Å². The Balaban J connectivity index is -0.0000000154. The number of carboxylic acid groups (broad SMARTS) is 4. The Morgan fingerprint density at radius 3 is 0.500 bits per heavy atom. The third kappa shape index (κ3) is 98.5. The zero-order valence-electron chi connectivity index (χ0n) is 17.2.